The number of rotatable bonds is 3. The van der Waals surface area contributed by atoms with Crippen molar-refractivity contribution in [1.29, 1.82) is 0 Å². The lowest BCUT2D eigenvalue weighted by molar-refractivity contribution is -0.121. The molecule has 0 aromatic heterocycles. The Morgan fingerprint density at radius 2 is 1.60 bits per heavy atom. The van der Waals surface area contributed by atoms with E-state index in [1.807, 2.05) is 18.2 Å². The first-order valence-electron chi connectivity index (χ1n) is 6.68. The minimum Gasteiger partial charge on any atom is -0.294 e. The lowest BCUT2D eigenvalue weighted by Crippen LogP contribution is -2.30. The first kappa shape index (κ1) is 12.6. The highest BCUT2D eigenvalue weighted by Crippen LogP contribution is 2.29. The molecular weight excluding hydrogens is 248 g/mol. The fourth-order valence-corrected chi connectivity index (χ4v) is 2.66. The highest BCUT2D eigenvalue weighted by molar-refractivity contribution is 6.09. The van der Waals surface area contributed by atoms with Crippen molar-refractivity contribution in [2.24, 2.45) is 5.84 Å². The Kier molecular flexibility index (Phi) is 3.35. The highest BCUT2D eigenvalue weighted by Gasteiger charge is 2.07. The van der Waals surface area contributed by atoms with E-state index in [0.29, 0.717) is 12.8 Å². The van der Waals surface area contributed by atoms with Gasteiger partial charge in [0.25, 0.3) is 0 Å². The lowest BCUT2D eigenvalue weighted by Gasteiger charge is -2.10. The predicted octanol–water partition coefficient (Wildman–Crippen LogP) is 2.92. The Morgan fingerprint density at radius 1 is 0.950 bits per heavy atom. The van der Waals surface area contributed by atoms with Crippen LogP contribution in [0.4, 0.5) is 0 Å². The summed E-state index contributed by atoms with van der Waals surface area (Å²) in [6.07, 6.45) is 1.09. The second-order valence-corrected chi connectivity index (χ2v) is 4.87. The molecule has 20 heavy (non-hydrogen) atoms. The minimum atomic E-state index is -0.137. The molecule has 0 spiro atoms. The Labute approximate surface area is 117 Å². The van der Waals surface area contributed by atoms with Crippen molar-refractivity contribution < 1.29 is 4.79 Å². The van der Waals surface area contributed by atoms with E-state index >= 15 is 0 Å². The monoisotopic (exact) mass is 264 g/mol. The molecule has 0 aliphatic heterocycles. The minimum absolute atomic E-state index is 0.137. The summed E-state index contributed by atoms with van der Waals surface area (Å²) in [6, 6.07) is 18.8. The Balaban J connectivity index is 2.16. The molecule has 0 heterocycles. The van der Waals surface area contributed by atoms with Crippen LogP contribution in [0.3, 0.4) is 0 Å². The molecule has 0 fully saturated rings. The first-order chi connectivity index (χ1) is 9.79. The van der Waals surface area contributed by atoms with Gasteiger partial charge in [0.05, 0.1) is 0 Å². The molecule has 0 atom stereocenters. The molecular formula is C17H16N2O. The van der Waals surface area contributed by atoms with Crippen LogP contribution in [0.25, 0.3) is 21.5 Å². The zero-order chi connectivity index (χ0) is 13.9. The second-order valence-electron chi connectivity index (χ2n) is 4.87. The molecule has 3 heteroatoms. The number of carbonyl (C=O) groups is 1. The van der Waals surface area contributed by atoms with Crippen molar-refractivity contribution in [2.45, 2.75) is 12.8 Å². The predicted molar refractivity (Wildman–Crippen MR) is 82.1 cm³/mol. The maximum atomic E-state index is 11.3. The third-order valence-electron chi connectivity index (χ3n) is 3.64. The van der Waals surface area contributed by atoms with Crippen LogP contribution in [0, 0.1) is 0 Å². The van der Waals surface area contributed by atoms with E-state index in [1.54, 1.807) is 0 Å². The number of carbonyl (C=O) groups excluding carboxylic acids is 1. The zero-order valence-electron chi connectivity index (χ0n) is 11.1. The highest BCUT2D eigenvalue weighted by atomic mass is 16.2. The molecule has 0 unspecified atom stereocenters. The maximum Gasteiger partial charge on any atom is 0.234 e. The molecule has 0 saturated carbocycles. The quantitative estimate of drug-likeness (QED) is 0.331. The Hall–Kier alpha value is -2.39. The van der Waals surface area contributed by atoms with Gasteiger partial charge in [-0.3, -0.25) is 10.2 Å². The molecule has 0 saturated heterocycles. The molecule has 3 aromatic carbocycles. The standard InChI is InChI=1S/C17H16N2O/c18-19-17(20)10-9-13-11-12-5-1-2-6-14(12)16-8-4-3-7-15(13)16/h1-8,11H,9-10,18H2,(H,19,20). The van der Waals surface area contributed by atoms with E-state index in [2.05, 4.69) is 41.8 Å². The van der Waals surface area contributed by atoms with E-state index in [1.165, 1.54) is 27.1 Å². The van der Waals surface area contributed by atoms with Crippen LogP contribution in [0.5, 0.6) is 0 Å². The summed E-state index contributed by atoms with van der Waals surface area (Å²) in [5.41, 5.74) is 3.36. The van der Waals surface area contributed by atoms with Gasteiger partial charge in [-0.2, -0.15) is 0 Å². The molecule has 3 rings (SSSR count). The lowest BCUT2D eigenvalue weighted by atomic mass is 9.95. The van der Waals surface area contributed by atoms with Gasteiger partial charge >= 0.3 is 0 Å². The number of benzene rings is 3. The van der Waals surface area contributed by atoms with Crippen LogP contribution in [-0.2, 0) is 11.2 Å². The van der Waals surface area contributed by atoms with Crippen LogP contribution in [-0.4, -0.2) is 5.91 Å². The fraction of sp³-hybridized carbons (Fsp3) is 0.118. The summed E-state index contributed by atoms with van der Waals surface area (Å²) in [4.78, 5) is 11.3. The molecule has 3 aromatic rings. The van der Waals surface area contributed by atoms with Crippen LogP contribution >= 0.6 is 0 Å². The topological polar surface area (TPSA) is 55.1 Å². The van der Waals surface area contributed by atoms with Gasteiger partial charge in [-0.25, -0.2) is 5.84 Å². The largest absolute Gasteiger partial charge is 0.294 e. The molecule has 0 radical (unpaired) electrons. The fourth-order valence-electron chi connectivity index (χ4n) is 2.66. The number of hydrogen-bond donors (Lipinski definition) is 2. The number of aryl methyl sites for hydroxylation is 1. The van der Waals surface area contributed by atoms with Gasteiger partial charge in [0.1, 0.15) is 0 Å². The number of hydrogen-bond acceptors (Lipinski definition) is 2. The van der Waals surface area contributed by atoms with E-state index in [9.17, 15) is 4.79 Å². The maximum absolute atomic E-state index is 11.3. The van der Waals surface area contributed by atoms with E-state index in [-0.39, 0.29) is 5.91 Å². The SMILES string of the molecule is NNC(=O)CCc1cc2ccccc2c2ccccc12. The van der Waals surface area contributed by atoms with Gasteiger partial charge in [0.15, 0.2) is 0 Å². The average Bonchev–Trinajstić information content (AvgIpc) is 2.52. The van der Waals surface area contributed by atoms with Crippen LogP contribution in [0.15, 0.2) is 54.6 Å². The third kappa shape index (κ3) is 2.24. The third-order valence-corrected chi connectivity index (χ3v) is 3.64. The van der Waals surface area contributed by atoms with Gasteiger partial charge in [0.2, 0.25) is 5.91 Å². The molecule has 3 nitrogen and oxygen atoms in total. The van der Waals surface area contributed by atoms with E-state index < -0.39 is 0 Å². The van der Waals surface area contributed by atoms with E-state index in [4.69, 9.17) is 5.84 Å². The smallest absolute Gasteiger partial charge is 0.234 e. The molecule has 0 aliphatic carbocycles. The molecule has 1 amide bonds. The Bertz CT molecular complexity index is 780. The summed E-state index contributed by atoms with van der Waals surface area (Å²) < 4.78 is 0. The molecule has 100 valence electrons. The summed E-state index contributed by atoms with van der Waals surface area (Å²) >= 11 is 0. The number of hydrazine groups is 1. The molecule has 3 N–H and O–H groups in total. The van der Waals surface area contributed by atoms with Crippen LogP contribution < -0.4 is 11.3 Å². The van der Waals surface area contributed by atoms with Gasteiger partial charge in [-0.1, -0.05) is 54.6 Å². The van der Waals surface area contributed by atoms with Crippen molar-refractivity contribution in [3.8, 4) is 0 Å². The van der Waals surface area contributed by atoms with E-state index in [0.717, 1.165) is 0 Å². The van der Waals surface area contributed by atoms with Crippen molar-refractivity contribution in [1.82, 2.24) is 5.43 Å². The summed E-state index contributed by atoms with van der Waals surface area (Å²) in [6.45, 7) is 0. The summed E-state index contributed by atoms with van der Waals surface area (Å²) in [5, 5.41) is 4.88. The van der Waals surface area contributed by atoms with Crippen molar-refractivity contribution in [3.63, 3.8) is 0 Å². The Morgan fingerprint density at radius 3 is 2.35 bits per heavy atom. The number of nitrogens with two attached hydrogens (primary N) is 1. The number of fused-ring (bicyclic) bond motifs is 3. The summed E-state index contributed by atoms with van der Waals surface area (Å²) in [5.74, 6) is 5.00. The average molecular weight is 264 g/mol. The van der Waals surface area contributed by atoms with Gasteiger partial charge < -0.3 is 0 Å². The van der Waals surface area contributed by atoms with Crippen molar-refractivity contribution in [3.05, 3.63) is 60.2 Å². The summed E-state index contributed by atoms with van der Waals surface area (Å²) in [7, 11) is 0. The van der Waals surface area contributed by atoms with Gasteiger partial charge in [-0.05, 0) is 33.5 Å². The van der Waals surface area contributed by atoms with Crippen molar-refractivity contribution in [2.75, 3.05) is 0 Å². The molecule has 0 aliphatic rings. The van der Waals surface area contributed by atoms with Crippen molar-refractivity contribution >= 4 is 27.5 Å². The normalized spacial score (nSPS) is 10.8. The zero-order valence-corrected chi connectivity index (χ0v) is 11.1. The second kappa shape index (κ2) is 5.31. The number of amides is 1. The van der Waals surface area contributed by atoms with Crippen LogP contribution in [0.1, 0.15) is 12.0 Å². The molecule has 0 bridgehead atoms. The number of nitrogens with one attached hydrogen (secondary N) is 1. The van der Waals surface area contributed by atoms with Crippen LogP contribution in [0.2, 0.25) is 0 Å². The first-order valence-corrected chi connectivity index (χ1v) is 6.68. The van der Waals surface area contributed by atoms with Gasteiger partial charge in [-0.15, -0.1) is 0 Å². The van der Waals surface area contributed by atoms with Gasteiger partial charge in [0, 0.05) is 6.42 Å².